The molecule has 2 atom stereocenters. The highest BCUT2D eigenvalue weighted by Gasteiger charge is 2.29. The Morgan fingerprint density at radius 1 is 1.21 bits per heavy atom. The van der Waals surface area contributed by atoms with Crippen LogP contribution in [0.25, 0.3) is 11.0 Å². The van der Waals surface area contributed by atoms with E-state index in [2.05, 4.69) is 55.3 Å². The van der Waals surface area contributed by atoms with Crippen LogP contribution in [-0.4, -0.2) is 32.4 Å². The molecule has 1 saturated heterocycles. The molecule has 154 valence electrons. The SMILES string of the molecule is CC(C)(C)c1ccc(CNc2nc3c(N)nccc3n2C2CCC(CO)O2)cc1. The standard InChI is InChI=1S/C22H29N5O2/c1-22(2,3)15-6-4-14(5-7-15)12-25-21-26-19-17(10-11-24-20(19)23)27(21)18-9-8-16(13-28)29-18/h4-7,10-11,16,18,28H,8-9,12-13H2,1-3H3,(H2,23,24)(H,25,26). The molecule has 0 amide bonds. The predicted molar refractivity (Wildman–Crippen MR) is 115 cm³/mol. The number of hydrogen-bond acceptors (Lipinski definition) is 6. The van der Waals surface area contributed by atoms with Gasteiger partial charge in [0.15, 0.2) is 5.82 Å². The van der Waals surface area contributed by atoms with Gasteiger partial charge >= 0.3 is 0 Å². The lowest BCUT2D eigenvalue weighted by Gasteiger charge is -2.20. The number of aliphatic hydroxyl groups excluding tert-OH is 1. The van der Waals surface area contributed by atoms with Gasteiger partial charge in [-0.05, 0) is 35.4 Å². The summed E-state index contributed by atoms with van der Waals surface area (Å²) in [5, 5.41) is 12.9. The monoisotopic (exact) mass is 395 g/mol. The Hall–Kier alpha value is -2.64. The van der Waals surface area contributed by atoms with Crippen molar-refractivity contribution >= 4 is 22.8 Å². The van der Waals surface area contributed by atoms with E-state index in [1.165, 1.54) is 11.1 Å². The number of rotatable bonds is 5. The number of aliphatic hydroxyl groups is 1. The molecule has 1 aromatic carbocycles. The molecule has 1 aliphatic heterocycles. The average Bonchev–Trinajstić information content (AvgIpc) is 3.30. The summed E-state index contributed by atoms with van der Waals surface area (Å²) in [5.41, 5.74) is 10.2. The molecule has 3 heterocycles. The highest BCUT2D eigenvalue weighted by atomic mass is 16.5. The lowest BCUT2D eigenvalue weighted by atomic mass is 9.87. The molecular formula is C22H29N5O2. The molecule has 29 heavy (non-hydrogen) atoms. The van der Waals surface area contributed by atoms with E-state index in [1.54, 1.807) is 6.20 Å². The predicted octanol–water partition coefficient (Wildman–Crippen LogP) is 3.59. The van der Waals surface area contributed by atoms with E-state index in [-0.39, 0.29) is 24.4 Å². The number of imidazole rings is 1. The van der Waals surface area contributed by atoms with E-state index in [1.807, 2.05) is 10.6 Å². The molecule has 0 radical (unpaired) electrons. The van der Waals surface area contributed by atoms with E-state index in [0.29, 0.717) is 23.8 Å². The minimum Gasteiger partial charge on any atom is -0.394 e. The van der Waals surface area contributed by atoms with Crippen LogP contribution in [0.2, 0.25) is 0 Å². The molecule has 1 aliphatic rings. The topological polar surface area (TPSA) is 98.2 Å². The largest absolute Gasteiger partial charge is 0.394 e. The molecule has 2 unspecified atom stereocenters. The first-order valence-corrected chi connectivity index (χ1v) is 10.1. The van der Waals surface area contributed by atoms with E-state index >= 15 is 0 Å². The molecule has 0 bridgehead atoms. The number of nitrogens with two attached hydrogens (primary N) is 1. The fraction of sp³-hybridized carbons (Fsp3) is 0.455. The van der Waals surface area contributed by atoms with Gasteiger partial charge < -0.3 is 20.9 Å². The number of aromatic nitrogens is 3. The van der Waals surface area contributed by atoms with Crippen LogP contribution >= 0.6 is 0 Å². The Bertz CT molecular complexity index is 991. The Morgan fingerprint density at radius 2 is 1.97 bits per heavy atom. The second-order valence-electron chi connectivity index (χ2n) is 8.64. The quantitative estimate of drug-likeness (QED) is 0.611. The molecule has 0 saturated carbocycles. The zero-order valence-corrected chi connectivity index (χ0v) is 17.2. The highest BCUT2D eigenvalue weighted by molar-refractivity contribution is 5.87. The molecule has 1 fully saturated rings. The first-order chi connectivity index (χ1) is 13.9. The van der Waals surface area contributed by atoms with Crippen LogP contribution in [0.4, 0.5) is 11.8 Å². The van der Waals surface area contributed by atoms with Gasteiger partial charge in [-0.15, -0.1) is 0 Å². The molecule has 3 aromatic rings. The van der Waals surface area contributed by atoms with Crippen molar-refractivity contribution in [2.75, 3.05) is 17.7 Å². The normalized spacial score (nSPS) is 19.7. The minimum atomic E-state index is -0.190. The Morgan fingerprint density at radius 3 is 2.62 bits per heavy atom. The van der Waals surface area contributed by atoms with E-state index < -0.39 is 0 Å². The van der Waals surface area contributed by atoms with Crippen molar-refractivity contribution in [3.63, 3.8) is 0 Å². The van der Waals surface area contributed by atoms with Crippen molar-refractivity contribution in [1.82, 2.24) is 14.5 Å². The first kappa shape index (κ1) is 19.7. The third-order valence-corrected chi connectivity index (χ3v) is 5.48. The van der Waals surface area contributed by atoms with Gasteiger partial charge in [-0.1, -0.05) is 45.0 Å². The molecule has 4 N–H and O–H groups in total. The van der Waals surface area contributed by atoms with Gasteiger partial charge in [-0.2, -0.15) is 0 Å². The summed E-state index contributed by atoms with van der Waals surface area (Å²) >= 11 is 0. The molecule has 7 nitrogen and oxygen atoms in total. The van der Waals surface area contributed by atoms with Crippen LogP contribution in [0.5, 0.6) is 0 Å². The van der Waals surface area contributed by atoms with Crippen molar-refractivity contribution in [2.24, 2.45) is 0 Å². The van der Waals surface area contributed by atoms with Crippen LogP contribution < -0.4 is 11.1 Å². The molecule has 0 spiro atoms. The van der Waals surface area contributed by atoms with Crippen LogP contribution in [0, 0.1) is 0 Å². The first-order valence-electron chi connectivity index (χ1n) is 10.1. The summed E-state index contributed by atoms with van der Waals surface area (Å²) in [6.07, 6.45) is 2.98. The van der Waals surface area contributed by atoms with Crippen molar-refractivity contribution in [1.29, 1.82) is 0 Å². The second-order valence-corrected chi connectivity index (χ2v) is 8.64. The van der Waals surface area contributed by atoms with Crippen molar-refractivity contribution in [2.45, 2.75) is 57.9 Å². The van der Waals surface area contributed by atoms with Crippen molar-refractivity contribution < 1.29 is 9.84 Å². The number of ether oxygens (including phenoxy) is 1. The number of benzene rings is 1. The zero-order chi connectivity index (χ0) is 20.6. The molecule has 2 aromatic heterocycles. The van der Waals surface area contributed by atoms with Crippen LogP contribution in [0.1, 0.15) is 51.0 Å². The van der Waals surface area contributed by atoms with Crippen LogP contribution in [-0.2, 0) is 16.7 Å². The smallest absolute Gasteiger partial charge is 0.206 e. The maximum Gasteiger partial charge on any atom is 0.206 e. The fourth-order valence-electron chi connectivity index (χ4n) is 3.77. The Balaban J connectivity index is 1.61. The van der Waals surface area contributed by atoms with Gasteiger partial charge in [0.05, 0.1) is 18.2 Å². The molecule has 7 heteroatoms. The van der Waals surface area contributed by atoms with Crippen LogP contribution in [0.15, 0.2) is 36.5 Å². The summed E-state index contributed by atoms with van der Waals surface area (Å²) in [4.78, 5) is 8.87. The number of anilines is 2. The number of nitrogen functional groups attached to an aromatic ring is 1. The van der Waals surface area contributed by atoms with Gasteiger partial charge in [0, 0.05) is 12.7 Å². The van der Waals surface area contributed by atoms with Gasteiger partial charge in [-0.3, -0.25) is 4.57 Å². The maximum absolute atomic E-state index is 9.44. The minimum absolute atomic E-state index is 0.0235. The second kappa shape index (κ2) is 7.65. The number of hydrogen-bond donors (Lipinski definition) is 3. The lowest BCUT2D eigenvalue weighted by molar-refractivity contribution is -0.0195. The third kappa shape index (κ3) is 3.93. The van der Waals surface area contributed by atoms with E-state index in [9.17, 15) is 5.11 Å². The molecule has 0 aliphatic carbocycles. The van der Waals surface area contributed by atoms with Gasteiger partial charge in [0.1, 0.15) is 11.7 Å². The van der Waals surface area contributed by atoms with Gasteiger partial charge in [-0.25, -0.2) is 9.97 Å². The average molecular weight is 396 g/mol. The van der Waals surface area contributed by atoms with E-state index in [0.717, 1.165) is 18.4 Å². The van der Waals surface area contributed by atoms with Gasteiger partial charge in [0.2, 0.25) is 5.95 Å². The number of pyridine rings is 1. The van der Waals surface area contributed by atoms with E-state index in [4.69, 9.17) is 15.5 Å². The number of nitrogens with zero attached hydrogens (tertiary/aromatic N) is 3. The maximum atomic E-state index is 9.44. The summed E-state index contributed by atoms with van der Waals surface area (Å²) in [6.45, 7) is 7.29. The zero-order valence-electron chi connectivity index (χ0n) is 17.2. The van der Waals surface area contributed by atoms with Crippen molar-refractivity contribution in [3.8, 4) is 0 Å². The Kier molecular flexibility index (Phi) is 5.19. The fourth-order valence-corrected chi connectivity index (χ4v) is 3.77. The number of fused-ring (bicyclic) bond motifs is 1. The lowest BCUT2D eigenvalue weighted by Crippen LogP contribution is -2.16. The Labute approximate surface area is 170 Å². The summed E-state index contributed by atoms with van der Waals surface area (Å²) in [6, 6.07) is 10.5. The summed E-state index contributed by atoms with van der Waals surface area (Å²) in [7, 11) is 0. The molecule has 4 rings (SSSR count). The van der Waals surface area contributed by atoms with Crippen LogP contribution in [0.3, 0.4) is 0 Å². The molecular weight excluding hydrogens is 366 g/mol. The number of nitrogens with one attached hydrogen (secondary N) is 1. The summed E-state index contributed by atoms with van der Waals surface area (Å²) < 4.78 is 8.05. The van der Waals surface area contributed by atoms with Crippen molar-refractivity contribution in [3.05, 3.63) is 47.7 Å². The summed E-state index contributed by atoms with van der Waals surface area (Å²) in [5.74, 6) is 1.10. The third-order valence-electron chi connectivity index (χ3n) is 5.48. The highest BCUT2D eigenvalue weighted by Crippen LogP contribution is 2.35. The van der Waals surface area contributed by atoms with Gasteiger partial charge in [0.25, 0.3) is 0 Å².